The van der Waals surface area contributed by atoms with Crippen molar-refractivity contribution in [2.45, 2.75) is 76.4 Å². The number of likely N-dealkylation sites (tertiary alicyclic amines) is 1. The van der Waals surface area contributed by atoms with E-state index < -0.39 is 11.0 Å². The molecule has 4 bridgehead atoms. The topological polar surface area (TPSA) is 66.8 Å². The van der Waals surface area contributed by atoms with Crippen LogP contribution in [0.5, 0.6) is 0 Å². The average Bonchev–Trinajstić information content (AvgIpc) is 2.50. The summed E-state index contributed by atoms with van der Waals surface area (Å²) in [6, 6.07) is 0.241. The van der Waals surface area contributed by atoms with Gasteiger partial charge >= 0.3 is 5.97 Å². The second kappa shape index (κ2) is 5.72. The monoisotopic (exact) mass is 335 g/mol. The van der Waals surface area contributed by atoms with Crippen LogP contribution in [0.4, 0.5) is 0 Å². The molecular formula is C19H29NO4. The number of hydrogen-bond acceptors (Lipinski definition) is 4. The summed E-state index contributed by atoms with van der Waals surface area (Å²) in [5.74, 6) is 0.579. The summed E-state index contributed by atoms with van der Waals surface area (Å²) in [4.78, 5) is 27.1. The van der Waals surface area contributed by atoms with Crippen molar-refractivity contribution in [3.63, 3.8) is 0 Å². The summed E-state index contributed by atoms with van der Waals surface area (Å²) in [6.07, 6.45) is 8.23. The fourth-order valence-electron chi connectivity index (χ4n) is 6.28. The molecule has 5 fully saturated rings. The molecule has 4 saturated carbocycles. The van der Waals surface area contributed by atoms with Gasteiger partial charge in [0.2, 0.25) is 0 Å². The van der Waals surface area contributed by atoms with Crippen molar-refractivity contribution in [1.29, 1.82) is 0 Å². The summed E-state index contributed by atoms with van der Waals surface area (Å²) in [5, 5.41) is 10.7. The van der Waals surface area contributed by atoms with E-state index in [0.717, 1.165) is 57.9 Å². The zero-order valence-corrected chi connectivity index (χ0v) is 14.6. The highest BCUT2D eigenvalue weighted by atomic mass is 16.5. The van der Waals surface area contributed by atoms with Crippen LogP contribution in [0.1, 0.15) is 64.7 Å². The van der Waals surface area contributed by atoms with Crippen molar-refractivity contribution in [2.24, 2.45) is 17.3 Å². The lowest BCUT2D eigenvalue weighted by molar-refractivity contribution is -0.197. The Bertz CT molecular complexity index is 531. The fraction of sp³-hybridized carbons (Fsp3) is 0.895. The predicted octanol–water partition coefficient (Wildman–Crippen LogP) is 2.26. The number of carbonyl (C=O) groups is 2. The molecule has 5 nitrogen and oxygen atoms in total. The molecule has 4 aliphatic carbocycles. The van der Waals surface area contributed by atoms with E-state index in [2.05, 4.69) is 6.92 Å². The van der Waals surface area contributed by atoms with Crippen molar-refractivity contribution < 1.29 is 19.4 Å². The largest absolute Gasteiger partial charge is 0.455 e. The normalized spacial score (nSPS) is 43.8. The molecule has 0 aromatic heterocycles. The van der Waals surface area contributed by atoms with Crippen molar-refractivity contribution in [2.75, 3.05) is 13.2 Å². The standard InChI is InChI=1S/C19H29NO4/c1-13-4-2-3-5-20(13)16(21)11-24-17(22)18-7-14-6-15(8-18)10-19(23,9-14)12-18/h13-15,23H,2-12H2,1H3/t13-,14-,15+,18?,19?/m1/s1. The van der Waals surface area contributed by atoms with Crippen molar-refractivity contribution in [3.05, 3.63) is 0 Å². The number of ether oxygens (including phenoxy) is 1. The van der Waals surface area contributed by atoms with E-state index in [0.29, 0.717) is 18.3 Å². The lowest BCUT2D eigenvalue weighted by Gasteiger charge is -2.58. The van der Waals surface area contributed by atoms with Gasteiger partial charge in [0, 0.05) is 12.6 Å². The summed E-state index contributed by atoms with van der Waals surface area (Å²) < 4.78 is 5.49. The fourth-order valence-corrected chi connectivity index (χ4v) is 6.28. The lowest BCUT2D eigenvalue weighted by Crippen LogP contribution is -2.58. The van der Waals surface area contributed by atoms with Crippen molar-refractivity contribution >= 4 is 11.9 Å². The van der Waals surface area contributed by atoms with Crippen molar-refractivity contribution in [1.82, 2.24) is 4.90 Å². The zero-order valence-electron chi connectivity index (χ0n) is 14.6. The second-order valence-electron chi connectivity index (χ2n) is 8.97. The van der Waals surface area contributed by atoms with E-state index in [-0.39, 0.29) is 24.5 Å². The molecule has 5 aliphatic rings. The van der Waals surface area contributed by atoms with Crippen LogP contribution in [-0.4, -0.2) is 46.7 Å². The zero-order chi connectivity index (χ0) is 16.9. The molecule has 2 unspecified atom stereocenters. The first kappa shape index (κ1) is 16.4. The molecule has 0 aromatic rings. The van der Waals surface area contributed by atoms with Crippen LogP contribution in [0.15, 0.2) is 0 Å². The van der Waals surface area contributed by atoms with Crippen LogP contribution in [0, 0.1) is 17.3 Å². The van der Waals surface area contributed by atoms with Gasteiger partial charge in [-0.05, 0) is 76.5 Å². The number of amides is 1. The molecule has 1 saturated heterocycles. The summed E-state index contributed by atoms with van der Waals surface area (Å²) >= 11 is 0. The van der Waals surface area contributed by atoms with Crippen LogP contribution in [0.3, 0.4) is 0 Å². The Morgan fingerprint density at radius 1 is 1.17 bits per heavy atom. The van der Waals surface area contributed by atoms with Gasteiger partial charge in [0.25, 0.3) is 5.91 Å². The number of rotatable bonds is 3. The van der Waals surface area contributed by atoms with E-state index >= 15 is 0 Å². The van der Waals surface area contributed by atoms with E-state index in [4.69, 9.17) is 4.74 Å². The van der Waals surface area contributed by atoms with Gasteiger partial charge in [-0.1, -0.05) is 0 Å². The Morgan fingerprint density at radius 3 is 2.50 bits per heavy atom. The molecule has 5 heteroatoms. The van der Waals surface area contributed by atoms with Gasteiger partial charge in [0.05, 0.1) is 11.0 Å². The Morgan fingerprint density at radius 2 is 1.88 bits per heavy atom. The third kappa shape index (κ3) is 2.75. The van der Waals surface area contributed by atoms with E-state index in [1.165, 1.54) is 0 Å². The van der Waals surface area contributed by atoms with Gasteiger partial charge < -0.3 is 14.7 Å². The Hall–Kier alpha value is -1.10. The van der Waals surface area contributed by atoms with Crippen LogP contribution in [0.25, 0.3) is 0 Å². The Labute approximate surface area is 143 Å². The minimum atomic E-state index is -0.672. The Balaban J connectivity index is 1.39. The molecule has 1 amide bonds. The molecule has 134 valence electrons. The average molecular weight is 335 g/mol. The highest BCUT2D eigenvalue weighted by Gasteiger charge is 2.60. The predicted molar refractivity (Wildman–Crippen MR) is 88.0 cm³/mol. The molecule has 1 N–H and O–H groups in total. The molecule has 24 heavy (non-hydrogen) atoms. The molecule has 5 atom stereocenters. The minimum absolute atomic E-state index is 0.0704. The van der Waals surface area contributed by atoms with Gasteiger partial charge in [-0.15, -0.1) is 0 Å². The first-order chi connectivity index (χ1) is 11.4. The summed E-state index contributed by atoms with van der Waals surface area (Å²) in [5.41, 5.74) is -1.21. The third-order valence-electron chi connectivity index (χ3n) is 6.91. The van der Waals surface area contributed by atoms with Crippen LogP contribution in [-0.2, 0) is 14.3 Å². The number of hydrogen-bond donors (Lipinski definition) is 1. The van der Waals surface area contributed by atoms with Gasteiger partial charge in [-0.3, -0.25) is 9.59 Å². The first-order valence-electron chi connectivity index (χ1n) is 9.58. The maximum atomic E-state index is 12.8. The number of nitrogens with zero attached hydrogens (tertiary/aromatic N) is 1. The molecule has 1 aliphatic heterocycles. The van der Waals surface area contributed by atoms with Gasteiger partial charge in [0.1, 0.15) is 0 Å². The number of esters is 1. The second-order valence-corrected chi connectivity index (χ2v) is 8.97. The minimum Gasteiger partial charge on any atom is -0.455 e. The highest BCUT2D eigenvalue weighted by molar-refractivity contribution is 5.83. The van der Waals surface area contributed by atoms with E-state index in [1.807, 2.05) is 4.90 Å². The highest BCUT2D eigenvalue weighted by Crippen LogP contribution is 2.61. The number of piperidine rings is 1. The maximum Gasteiger partial charge on any atom is 0.312 e. The van der Waals surface area contributed by atoms with Crippen LogP contribution >= 0.6 is 0 Å². The van der Waals surface area contributed by atoms with Gasteiger partial charge in [0.15, 0.2) is 6.61 Å². The van der Waals surface area contributed by atoms with Gasteiger partial charge in [-0.25, -0.2) is 0 Å². The van der Waals surface area contributed by atoms with Crippen LogP contribution < -0.4 is 0 Å². The smallest absolute Gasteiger partial charge is 0.312 e. The van der Waals surface area contributed by atoms with Crippen molar-refractivity contribution in [3.8, 4) is 0 Å². The first-order valence-corrected chi connectivity index (χ1v) is 9.58. The quantitative estimate of drug-likeness (QED) is 0.804. The number of carbonyl (C=O) groups excluding carboxylic acids is 2. The summed E-state index contributed by atoms with van der Waals surface area (Å²) in [7, 11) is 0. The van der Waals surface area contributed by atoms with Gasteiger partial charge in [-0.2, -0.15) is 0 Å². The van der Waals surface area contributed by atoms with E-state index in [9.17, 15) is 14.7 Å². The molecule has 5 rings (SSSR count). The third-order valence-corrected chi connectivity index (χ3v) is 6.91. The maximum absolute atomic E-state index is 12.8. The Kier molecular flexibility index (Phi) is 3.90. The molecule has 1 heterocycles. The molecule has 0 aromatic carbocycles. The molecular weight excluding hydrogens is 306 g/mol. The number of aliphatic hydroxyl groups is 1. The van der Waals surface area contributed by atoms with Crippen LogP contribution in [0.2, 0.25) is 0 Å². The lowest BCUT2D eigenvalue weighted by atomic mass is 9.48. The summed E-state index contributed by atoms with van der Waals surface area (Å²) in [6.45, 7) is 2.69. The molecule has 0 spiro atoms. The van der Waals surface area contributed by atoms with E-state index in [1.54, 1.807) is 0 Å². The molecule has 0 radical (unpaired) electrons. The SMILES string of the molecule is C[C@@H]1CCCCN1C(=O)COC(=O)C12C[C@@H]3C[C@@H](CC(O)(C3)C1)C2.